The molecule has 0 spiro atoms. The first kappa shape index (κ1) is 16.4. The largest absolute Gasteiger partial charge is 0.358 e. The van der Waals surface area contributed by atoms with E-state index in [4.69, 9.17) is 5.73 Å². The molecule has 100 valence electrons. The van der Waals surface area contributed by atoms with Gasteiger partial charge in [-0.25, -0.2) is 0 Å². The smallest absolute Gasteiger partial charge is 0.239 e. The van der Waals surface area contributed by atoms with E-state index in [-0.39, 0.29) is 43.2 Å². The molecule has 18 heavy (non-hydrogen) atoms. The van der Waals surface area contributed by atoms with Crippen molar-refractivity contribution in [3.8, 4) is 0 Å². The Morgan fingerprint density at radius 2 is 1.83 bits per heavy atom. The molecule has 4 N–H and O–H groups in total. The molecule has 1 aromatic carbocycles. The lowest BCUT2D eigenvalue weighted by Crippen LogP contribution is -2.36. The lowest BCUT2D eigenvalue weighted by atomic mass is 10.0. The number of rotatable bonds is 5. The molecular formula is C12H18ClN3O2. The fourth-order valence-corrected chi connectivity index (χ4v) is 1.36. The minimum Gasteiger partial charge on any atom is -0.358 e. The average molecular weight is 272 g/mol. The van der Waals surface area contributed by atoms with Crippen molar-refractivity contribution in [1.82, 2.24) is 10.6 Å². The van der Waals surface area contributed by atoms with Crippen molar-refractivity contribution in [2.45, 2.75) is 12.5 Å². The second-order valence-corrected chi connectivity index (χ2v) is 3.67. The van der Waals surface area contributed by atoms with Crippen LogP contribution < -0.4 is 16.4 Å². The number of hydrogen-bond acceptors (Lipinski definition) is 3. The molecule has 1 aromatic rings. The van der Waals surface area contributed by atoms with Gasteiger partial charge in [0.2, 0.25) is 11.8 Å². The van der Waals surface area contributed by atoms with Crippen molar-refractivity contribution in [3.05, 3.63) is 35.9 Å². The Bertz CT molecular complexity index is 384. The first-order valence-electron chi connectivity index (χ1n) is 5.41. The number of benzene rings is 1. The van der Waals surface area contributed by atoms with Gasteiger partial charge in [0.1, 0.15) is 0 Å². The second kappa shape index (κ2) is 8.49. The second-order valence-electron chi connectivity index (χ2n) is 3.67. The maximum atomic E-state index is 11.5. The molecule has 0 heterocycles. The Balaban J connectivity index is 0.00000289. The Morgan fingerprint density at radius 3 is 2.39 bits per heavy atom. The lowest BCUT2D eigenvalue weighted by molar-refractivity contribution is -0.126. The van der Waals surface area contributed by atoms with Crippen molar-refractivity contribution in [1.29, 1.82) is 0 Å². The van der Waals surface area contributed by atoms with Gasteiger partial charge in [0.15, 0.2) is 0 Å². The van der Waals surface area contributed by atoms with Crippen LogP contribution in [0.4, 0.5) is 0 Å². The zero-order chi connectivity index (χ0) is 12.7. The topological polar surface area (TPSA) is 84.2 Å². The summed E-state index contributed by atoms with van der Waals surface area (Å²) >= 11 is 0. The van der Waals surface area contributed by atoms with Crippen LogP contribution in [0.3, 0.4) is 0 Å². The summed E-state index contributed by atoms with van der Waals surface area (Å²) < 4.78 is 0. The molecular weight excluding hydrogens is 254 g/mol. The standard InChI is InChI=1S/C12H17N3O2.ClH/c1-14-12(17)8-15-11(16)7-10(13)9-5-3-2-4-6-9;/h2-6,10H,7-8,13H2,1H3,(H,14,17)(H,15,16);1H. The summed E-state index contributed by atoms with van der Waals surface area (Å²) in [5.74, 6) is -0.461. The summed E-state index contributed by atoms with van der Waals surface area (Å²) in [7, 11) is 1.52. The fraction of sp³-hybridized carbons (Fsp3) is 0.333. The Labute approximate surface area is 113 Å². The van der Waals surface area contributed by atoms with Gasteiger partial charge >= 0.3 is 0 Å². The highest BCUT2D eigenvalue weighted by Gasteiger charge is 2.11. The molecule has 0 saturated heterocycles. The highest BCUT2D eigenvalue weighted by molar-refractivity contribution is 5.85. The van der Waals surface area contributed by atoms with Gasteiger partial charge in [0.25, 0.3) is 0 Å². The molecule has 0 aliphatic rings. The summed E-state index contributed by atoms with van der Waals surface area (Å²) in [5, 5.41) is 4.92. The predicted octanol–water partition coefficient (Wildman–Crippen LogP) is 0.361. The Morgan fingerprint density at radius 1 is 1.22 bits per heavy atom. The highest BCUT2D eigenvalue weighted by Crippen LogP contribution is 2.12. The molecule has 2 amide bonds. The van der Waals surface area contributed by atoms with E-state index < -0.39 is 0 Å². The SMILES string of the molecule is CNC(=O)CNC(=O)CC(N)c1ccccc1.Cl. The van der Waals surface area contributed by atoms with Gasteiger partial charge in [-0.2, -0.15) is 0 Å². The molecule has 0 aliphatic heterocycles. The highest BCUT2D eigenvalue weighted by atomic mass is 35.5. The van der Waals surface area contributed by atoms with Gasteiger partial charge < -0.3 is 16.4 Å². The number of likely N-dealkylation sites (N-methyl/N-ethyl adjacent to an activating group) is 1. The summed E-state index contributed by atoms with van der Waals surface area (Å²) in [6, 6.07) is 9.03. The van der Waals surface area contributed by atoms with Gasteiger partial charge in [-0.3, -0.25) is 9.59 Å². The van der Waals surface area contributed by atoms with Gasteiger partial charge in [-0.1, -0.05) is 30.3 Å². The maximum absolute atomic E-state index is 11.5. The van der Waals surface area contributed by atoms with Gasteiger partial charge in [0.05, 0.1) is 6.54 Å². The van der Waals surface area contributed by atoms with Crippen LogP contribution in [-0.4, -0.2) is 25.4 Å². The van der Waals surface area contributed by atoms with E-state index in [1.54, 1.807) is 0 Å². The molecule has 0 fully saturated rings. The minimum absolute atomic E-state index is 0. The molecule has 0 saturated carbocycles. The zero-order valence-electron chi connectivity index (χ0n) is 10.2. The van der Waals surface area contributed by atoms with E-state index in [1.807, 2.05) is 30.3 Å². The zero-order valence-corrected chi connectivity index (χ0v) is 11.0. The maximum Gasteiger partial charge on any atom is 0.239 e. The molecule has 1 rings (SSSR count). The summed E-state index contributed by atoms with van der Waals surface area (Å²) in [5.41, 5.74) is 6.78. The summed E-state index contributed by atoms with van der Waals surface area (Å²) in [6.45, 7) is -0.0170. The molecule has 0 bridgehead atoms. The average Bonchev–Trinajstić information content (AvgIpc) is 2.36. The molecule has 1 atom stereocenters. The van der Waals surface area contributed by atoms with Crippen LogP contribution in [0.5, 0.6) is 0 Å². The molecule has 0 radical (unpaired) electrons. The van der Waals surface area contributed by atoms with Crippen LogP contribution in [0.2, 0.25) is 0 Å². The van der Waals surface area contributed by atoms with E-state index in [0.29, 0.717) is 0 Å². The van der Waals surface area contributed by atoms with Crippen molar-refractivity contribution in [2.75, 3.05) is 13.6 Å². The van der Waals surface area contributed by atoms with Crippen molar-refractivity contribution >= 4 is 24.2 Å². The van der Waals surface area contributed by atoms with E-state index in [1.165, 1.54) is 7.05 Å². The van der Waals surface area contributed by atoms with Crippen molar-refractivity contribution in [3.63, 3.8) is 0 Å². The number of nitrogens with two attached hydrogens (primary N) is 1. The third kappa shape index (κ3) is 5.65. The first-order chi connectivity index (χ1) is 8.13. The van der Waals surface area contributed by atoms with Gasteiger partial charge in [-0.05, 0) is 5.56 Å². The first-order valence-corrected chi connectivity index (χ1v) is 5.41. The minimum atomic E-state index is -0.346. The molecule has 5 nitrogen and oxygen atoms in total. The number of carbonyl (C=O) groups is 2. The van der Waals surface area contributed by atoms with Crippen LogP contribution in [0.15, 0.2) is 30.3 Å². The third-order valence-corrected chi connectivity index (χ3v) is 2.36. The van der Waals surface area contributed by atoms with Crippen molar-refractivity contribution < 1.29 is 9.59 Å². The van der Waals surface area contributed by atoms with Crippen LogP contribution in [-0.2, 0) is 9.59 Å². The normalized spacial score (nSPS) is 11.0. The summed E-state index contributed by atoms with van der Waals surface area (Å²) in [4.78, 5) is 22.4. The van der Waals surface area contributed by atoms with Crippen LogP contribution >= 0.6 is 12.4 Å². The van der Waals surface area contributed by atoms with Crippen LogP contribution in [0, 0.1) is 0 Å². The van der Waals surface area contributed by atoms with E-state index >= 15 is 0 Å². The molecule has 0 aromatic heterocycles. The van der Waals surface area contributed by atoms with E-state index in [9.17, 15) is 9.59 Å². The molecule has 6 heteroatoms. The molecule has 0 aliphatic carbocycles. The quantitative estimate of drug-likeness (QED) is 0.723. The van der Waals surface area contributed by atoms with E-state index in [2.05, 4.69) is 10.6 Å². The van der Waals surface area contributed by atoms with Crippen LogP contribution in [0.1, 0.15) is 18.0 Å². The van der Waals surface area contributed by atoms with Crippen LogP contribution in [0.25, 0.3) is 0 Å². The monoisotopic (exact) mass is 271 g/mol. The summed E-state index contributed by atoms with van der Waals surface area (Å²) in [6.07, 6.45) is 0.168. The van der Waals surface area contributed by atoms with Gasteiger partial charge in [-0.15, -0.1) is 12.4 Å². The van der Waals surface area contributed by atoms with Gasteiger partial charge in [0, 0.05) is 19.5 Å². The number of carbonyl (C=O) groups excluding carboxylic acids is 2. The number of amides is 2. The number of halogens is 1. The molecule has 1 unspecified atom stereocenters. The Kier molecular flexibility index (Phi) is 7.74. The van der Waals surface area contributed by atoms with E-state index in [0.717, 1.165) is 5.56 Å². The third-order valence-electron chi connectivity index (χ3n) is 2.36. The Hall–Kier alpha value is -1.59. The van der Waals surface area contributed by atoms with Crippen molar-refractivity contribution in [2.24, 2.45) is 5.73 Å². The lowest BCUT2D eigenvalue weighted by Gasteiger charge is -2.11. The number of nitrogens with one attached hydrogen (secondary N) is 2. The number of hydrogen-bond donors (Lipinski definition) is 3. The predicted molar refractivity (Wildman–Crippen MR) is 72.3 cm³/mol. The fourth-order valence-electron chi connectivity index (χ4n) is 1.36.